The first kappa shape index (κ1) is 14.3. The van der Waals surface area contributed by atoms with Crippen molar-refractivity contribution in [2.75, 3.05) is 13.2 Å². The Bertz CT molecular complexity index is 797. The number of aromatic amines is 1. The summed E-state index contributed by atoms with van der Waals surface area (Å²) in [6, 6.07) is 6.61. The van der Waals surface area contributed by atoms with Crippen molar-refractivity contribution in [3.63, 3.8) is 0 Å². The number of imide groups is 1. The van der Waals surface area contributed by atoms with Gasteiger partial charge in [0.1, 0.15) is 6.04 Å². The van der Waals surface area contributed by atoms with Crippen molar-refractivity contribution in [3.8, 4) is 0 Å². The van der Waals surface area contributed by atoms with Gasteiger partial charge in [-0.1, -0.05) is 25.1 Å². The molecule has 2 aromatic rings. The van der Waals surface area contributed by atoms with Gasteiger partial charge >= 0.3 is 6.03 Å². The number of aliphatic hydroxyl groups is 1. The number of hydrogen-bond donors (Lipinski definition) is 2. The van der Waals surface area contributed by atoms with E-state index in [-0.39, 0.29) is 18.5 Å². The Morgan fingerprint density at radius 1 is 1.30 bits per heavy atom. The van der Waals surface area contributed by atoms with E-state index in [1.165, 1.54) is 4.90 Å². The fraction of sp³-hybridized carbons (Fsp3) is 0.412. The Kier molecular flexibility index (Phi) is 3.16. The molecule has 0 radical (unpaired) electrons. The number of benzene rings is 1. The van der Waals surface area contributed by atoms with E-state index in [9.17, 15) is 14.7 Å². The molecule has 2 N–H and O–H groups in total. The van der Waals surface area contributed by atoms with Gasteiger partial charge in [0.2, 0.25) is 0 Å². The number of aliphatic hydroxyl groups excluding tert-OH is 1. The van der Waals surface area contributed by atoms with Crippen LogP contribution in [0.25, 0.3) is 10.9 Å². The van der Waals surface area contributed by atoms with Crippen LogP contribution >= 0.6 is 0 Å². The number of urea groups is 1. The average molecular weight is 313 g/mol. The maximum atomic E-state index is 12.6. The number of carbonyl (C=O) groups is 2. The second kappa shape index (κ2) is 5.09. The monoisotopic (exact) mass is 313 g/mol. The quantitative estimate of drug-likeness (QED) is 0.848. The van der Waals surface area contributed by atoms with Crippen molar-refractivity contribution in [1.29, 1.82) is 0 Å². The largest absolute Gasteiger partial charge is 0.394 e. The van der Waals surface area contributed by atoms with Gasteiger partial charge in [0.25, 0.3) is 5.91 Å². The molecule has 0 spiro atoms. The number of rotatable bonds is 3. The molecule has 2 unspecified atom stereocenters. The standard InChI is InChI=1S/C17H19N3O3/c1-2-7-19-16(22)13-8-11-10-5-3-4-6-12(10)18-15(11)14(9-21)20(13)17(19)23/h3-6,13-14,18,21H,2,7-9H2,1H3. The maximum Gasteiger partial charge on any atom is 0.328 e. The lowest BCUT2D eigenvalue weighted by Gasteiger charge is -2.34. The summed E-state index contributed by atoms with van der Waals surface area (Å²) in [5, 5.41) is 11.0. The van der Waals surface area contributed by atoms with Crippen LogP contribution < -0.4 is 0 Å². The number of nitrogens with zero attached hydrogens (tertiary/aromatic N) is 2. The molecule has 1 saturated heterocycles. The topological polar surface area (TPSA) is 76.6 Å². The second-order valence-corrected chi connectivity index (χ2v) is 6.16. The zero-order valence-corrected chi connectivity index (χ0v) is 13.0. The fourth-order valence-corrected chi connectivity index (χ4v) is 3.87. The highest BCUT2D eigenvalue weighted by molar-refractivity contribution is 6.05. The van der Waals surface area contributed by atoms with Crippen molar-refractivity contribution in [2.45, 2.75) is 31.8 Å². The summed E-state index contributed by atoms with van der Waals surface area (Å²) >= 11 is 0. The van der Waals surface area contributed by atoms with E-state index in [1.807, 2.05) is 31.2 Å². The lowest BCUT2D eigenvalue weighted by molar-refractivity contribution is -0.128. The first-order valence-electron chi connectivity index (χ1n) is 8.01. The van der Waals surface area contributed by atoms with Gasteiger partial charge in [-0.05, 0) is 18.1 Å². The van der Waals surface area contributed by atoms with Crippen LogP contribution in [0, 0.1) is 0 Å². The molecule has 120 valence electrons. The Hall–Kier alpha value is -2.34. The van der Waals surface area contributed by atoms with Gasteiger partial charge in [-0.15, -0.1) is 0 Å². The van der Waals surface area contributed by atoms with Crippen LogP contribution in [0.5, 0.6) is 0 Å². The summed E-state index contributed by atoms with van der Waals surface area (Å²) < 4.78 is 0. The molecule has 3 amide bonds. The second-order valence-electron chi connectivity index (χ2n) is 6.16. The van der Waals surface area contributed by atoms with E-state index < -0.39 is 12.1 Å². The van der Waals surface area contributed by atoms with Crippen molar-refractivity contribution in [1.82, 2.24) is 14.8 Å². The van der Waals surface area contributed by atoms with Crippen LogP contribution in [0.3, 0.4) is 0 Å². The molecule has 1 fully saturated rings. The predicted molar refractivity (Wildman–Crippen MR) is 84.9 cm³/mol. The molecule has 0 aliphatic carbocycles. The average Bonchev–Trinajstić information content (AvgIpc) is 3.05. The minimum Gasteiger partial charge on any atom is -0.394 e. The normalized spacial score (nSPS) is 23.6. The van der Waals surface area contributed by atoms with Gasteiger partial charge in [0.05, 0.1) is 12.6 Å². The van der Waals surface area contributed by atoms with Crippen LogP contribution in [-0.4, -0.2) is 51.0 Å². The van der Waals surface area contributed by atoms with E-state index >= 15 is 0 Å². The van der Waals surface area contributed by atoms with Gasteiger partial charge in [-0.3, -0.25) is 9.69 Å². The molecule has 1 aromatic carbocycles. The van der Waals surface area contributed by atoms with E-state index in [1.54, 1.807) is 4.90 Å². The summed E-state index contributed by atoms with van der Waals surface area (Å²) in [4.78, 5) is 31.5. The van der Waals surface area contributed by atoms with Crippen LogP contribution in [0.15, 0.2) is 24.3 Å². The van der Waals surface area contributed by atoms with Crippen LogP contribution in [0.2, 0.25) is 0 Å². The predicted octanol–water partition coefficient (Wildman–Crippen LogP) is 1.80. The smallest absolute Gasteiger partial charge is 0.328 e. The minimum absolute atomic E-state index is 0.147. The third kappa shape index (κ3) is 1.84. The summed E-state index contributed by atoms with van der Waals surface area (Å²) in [6.45, 7) is 2.17. The lowest BCUT2D eigenvalue weighted by Crippen LogP contribution is -2.45. The van der Waals surface area contributed by atoms with Gasteiger partial charge < -0.3 is 15.0 Å². The Morgan fingerprint density at radius 2 is 2.09 bits per heavy atom. The van der Waals surface area contributed by atoms with Crippen molar-refractivity contribution >= 4 is 22.8 Å². The van der Waals surface area contributed by atoms with Crippen molar-refractivity contribution in [2.24, 2.45) is 0 Å². The number of aromatic nitrogens is 1. The van der Waals surface area contributed by atoms with Crippen LogP contribution in [0.1, 0.15) is 30.6 Å². The van der Waals surface area contributed by atoms with Gasteiger partial charge in [-0.25, -0.2) is 4.79 Å². The van der Waals surface area contributed by atoms with E-state index in [0.29, 0.717) is 13.0 Å². The van der Waals surface area contributed by atoms with Crippen LogP contribution in [0.4, 0.5) is 4.79 Å². The zero-order chi connectivity index (χ0) is 16.1. The fourth-order valence-electron chi connectivity index (χ4n) is 3.87. The molecule has 6 nitrogen and oxygen atoms in total. The van der Waals surface area contributed by atoms with Gasteiger partial charge in [0.15, 0.2) is 0 Å². The number of nitrogens with one attached hydrogen (secondary N) is 1. The third-order valence-corrected chi connectivity index (χ3v) is 4.87. The van der Waals surface area contributed by atoms with Crippen LogP contribution in [-0.2, 0) is 11.2 Å². The lowest BCUT2D eigenvalue weighted by atomic mass is 9.93. The minimum atomic E-state index is -0.502. The van der Waals surface area contributed by atoms with E-state index in [0.717, 1.165) is 28.6 Å². The van der Waals surface area contributed by atoms with Gasteiger partial charge in [0, 0.05) is 29.6 Å². The number of fused-ring (bicyclic) bond motifs is 4. The SMILES string of the molecule is CCCN1C(=O)C2Cc3c([nH]c4ccccc34)C(CO)N2C1=O. The molecule has 2 aliphatic rings. The Morgan fingerprint density at radius 3 is 2.83 bits per heavy atom. The summed E-state index contributed by atoms with van der Waals surface area (Å²) in [7, 11) is 0. The molecular formula is C17H19N3O3. The number of H-pyrrole nitrogens is 1. The number of amides is 3. The molecule has 6 heteroatoms. The Balaban J connectivity index is 1.84. The molecule has 4 rings (SSSR count). The number of para-hydroxylation sites is 1. The molecule has 2 aliphatic heterocycles. The summed E-state index contributed by atoms with van der Waals surface area (Å²) in [5.41, 5.74) is 2.87. The highest BCUT2D eigenvalue weighted by atomic mass is 16.3. The van der Waals surface area contributed by atoms with Gasteiger partial charge in [-0.2, -0.15) is 0 Å². The Labute approximate surface area is 133 Å². The molecule has 1 aromatic heterocycles. The molecule has 3 heterocycles. The molecule has 2 atom stereocenters. The summed E-state index contributed by atoms with van der Waals surface area (Å²) in [5.74, 6) is -0.147. The maximum absolute atomic E-state index is 12.6. The van der Waals surface area contributed by atoms with Crippen molar-refractivity contribution in [3.05, 3.63) is 35.5 Å². The number of hydrogen-bond acceptors (Lipinski definition) is 3. The zero-order valence-electron chi connectivity index (χ0n) is 13.0. The molecule has 0 bridgehead atoms. The van der Waals surface area contributed by atoms with Crippen molar-refractivity contribution < 1.29 is 14.7 Å². The third-order valence-electron chi connectivity index (χ3n) is 4.87. The first-order valence-corrected chi connectivity index (χ1v) is 8.01. The van der Waals surface area contributed by atoms with E-state index in [4.69, 9.17) is 0 Å². The summed E-state index contributed by atoms with van der Waals surface area (Å²) in [6.07, 6.45) is 1.23. The molecule has 0 saturated carbocycles. The highest BCUT2D eigenvalue weighted by Gasteiger charge is 2.51. The molecule has 23 heavy (non-hydrogen) atoms. The highest BCUT2D eigenvalue weighted by Crippen LogP contribution is 2.40. The number of carbonyl (C=O) groups excluding carboxylic acids is 2. The molecular weight excluding hydrogens is 294 g/mol. The first-order chi connectivity index (χ1) is 11.2. The van der Waals surface area contributed by atoms with E-state index in [2.05, 4.69) is 4.98 Å².